The highest BCUT2D eigenvalue weighted by Gasteiger charge is 2.18. The number of carbonyl (C=O) groups excluding carboxylic acids is 1. The molecule has 27 heavy (non-hydrogen) atoms. The van der Waals surface area contributed by atoms with Crippen LogP contribution in [0, 0.1) is 5.41 Å². The maximum atomic E-state index is 11.9. The minimum absolute atomic E-state index is 0.00600. The molecule has 0 saturated carbocycles. The molecule has 158 valence electrons. The summed E-state index contributed by atoms with van der Waals surface area (Å²) in [7, 11) is 3.52. The van der Waals surface area contributed by atoms with Crippen molar-refractivity contribution in [3.63, 3.8) is 0 Å². The molecule has 1 aliphatic heterocycles. The van der Waals surface area contributed by atoms with Gasteiger partial charge in [0.15, 0.2) is 5.96 Å². The summed E-state index contributed by atoms with van der Waals surface area (Å²) in [5.74, 6) is 0.730. The summed E-state index contributed by atoms with van der Waals surface area (Å²) in [5.41, 5.74) is 0.202. The number of aliphatic imine (C=N–C) groups is 1. The van der Waals surface area contributed by atoms with Crippen LogP contribution in [0.4, 0.5) is 0 Å². The molecule has 0 bridgehead atoms. The minimum Gasteiger partial charge on any atom is -0.379 e. The van der Waals surface area contributed by atoms with Gasteiger partial charge in [-0.15, -0.1) is 0 Å². The van der Waals surface area contributed by atoms with E-state index in [9.17, 15) is 4.79 Å². The summed E-state index contributed by atoms with van der Waals surface area (Å²) in [6, 6.07) is 0. The van der Waals surface area contributed by atoms with Gasteiger partial charge in [-0.3, -0.25) is 9.69 Å². The molecule has 0 spiro atoms. The molecular weight excluding hydrogens is 342 g/mol. The summed E-state index contributed by atoms with van der Waals surface area (Å²) >= 11 is 0. The summed E-state index contributed by atoms with van der Waals surface area (Å²) in [4.78, 5) is 20.3. The maximum Gasteiger partial charge on any atom is 0.243 e. The number of amides is 1. The molecule has 7 nitrogen and oxygen atoms in total. The molecule has 7 heteroatoms. The van der Waals surface area contributed by atoms with Crippen LogP contribution in [-0.2, 0) is 9.53 Å². The highest BCUT2D eigenvalue weighted by molar-refractivity contribution is 5.84. The summed E-state index contributed by atoms with van der Waals surface area (Å²) < 4.78 is 5.39. The molecule has 0 unspecified atom stereocenters. The monoisotopic (exact) mass is 383 g/mol. The van der Waals surface area contributed by atoms with Gasteiger partial charge in [0.05, 0.1) is 13.2 Å². The number of carbonyl (C=O) groups is 1. The van der Waals surface area contributed by atoms with Gasteiger partial charge in [-0.2, -0.15) is 0 Å². The fraction of sp³-hybridized carbons (Fsp3) is 0.900. The lowest BCUT2D eigenvalue weighted by Crippen LogP contribution is -2.46. The number of likely N-dealkylation sites (N-methyl/N-ethyl adjacent to an activating group) is 1. The third-order valence-electron chi connectivity index (χ3n) is 4.89. The summed E-state index contributed by atoms with van der Waals surface area (Å²) in [6.07, 6.45) is 4.96. The standard InChI is InChI=1S/C20H41N5O2/c1-6-7-8-9-20(2,3)17-23-19(22-16-18(26)24(4)5)21-10-11-25-12-14-27-15-13-25/h6-17H2,1-5H3,(H2,21,22,23). The third-order valence-corrected chi connectivity index (χ3v) is 4.89. The lowest BCUT2D eigenvalue weighted by Gasteiger charge is -2.28. The molecule has 1 saturated heterocycles. The fourth-order valence-corrected chi connectivity index (χ4v) is 2.88. The Hall–Kier alpha value is -1.34. The van der Waals surface area contributed by atoms with Crippen molar-refractivity contribution in [2.24, 2.45) is 10.4 Å². The van der Waals surface area contributed by atoms with Crippen LogP contribution in [0.3, 0.4) is 0 Å². The Morgan fingerprint density at radius 3 is 2.52 bits per heavy atom. The highest BCUT2D eigenvalue weighted by atomic mass is 16.5. The number of hydrogen-bond donors (Lipinski definition) is 2. The first-order chi connectivity index (χ1) is 12.8. The number of hydrogen-bond acceptors (Lipinski definition) is 4. The predicted octanol–water partition coefficient (Wildman–Crippen LogP) is 1.55. The second-order valence-electron chi connectivity index (χ2n) is 8.31. The van der Waals surface area contributed by atoms with E-state index in [0.717, 1.165) is 51.9 Å². The van der Waals surface area contributed by atoms with Crippen LogP contribution >= 0.6 is 0 Å². The zero-order valence-electron chi connectivity index (χ0n) is 18.1. The molecule has 0 radical (unpaired) electrons. The Kier molecular flexibility index (Phi) is 11.4. The van der Waals surface area contributed by atoms with E-state index in [1.54, 1.807) is 19.0 Å². The van der Waals surface area contributed by atoms with Crippen molar-refractivity contribution in [1.29, 1.82) is 0 Å². The molecule has 2 N–H and O–H groups in total. The van der Waals surface area contributed by atoms with Crippen molar-refractivity contribution in [3.8, 4) is 0 Å². The fourth-order valence-electron chi connectivity index (χ4n) is 2.88. The Balaban J connectivity index is 2.50. The Morgan fingerprint density at radius 2 is 1.89 bits per heavy atom. The lowest BCUT2D eigenvalue weighted by atomic mass is 9.87. The molecule has 0 aromatic heterocycles. The number of nitrogens with zero attached hydrogens (tertiary/aromatic N) is 3. The third kappa shape index (κ3) is 11.2. The molecular formula is C20H41N5O2. The highest BCUT2D eigenvalue weighted by Crippen LogP contribution is 2.22. The second-order valence-corrected chi connectivity index (χ2v) is 8.31. The summed E-state index contributed by atoms with van der Waals surface area (Å²) in [6.45, 7) is 13.1. The molecule has 0 atom stereocenters. The van der Waals surface area contributed by atoms with E-state index in [0.29, 0.717) is 0 Å². The number of ether oxygens (including phenoxy) is 1. The number of nitrogens with one attached hydrogen (secondary N) is 2. The van der Waals surface area contributed by atoms with E-state index in [-0.39, 0.29) is 17.9 Å². The van der Waals surface area contributed by atoms with Crippen molar-refractivity contribution in [3.05, 3.63) is 0 Å². The van der Waals surface area contributed by atoms with Crippen LogP contribution in [0.2, 0.25) is 0 Å². The van der Waals surface area contributed by atoms with Gasteiger partial charge in [-0.1, -0.05) is 40.0 Å². The van der Waals surface area contributed by atoms with E-state index in [1.165, 1.54) is 25.7 Å². The quantitative estimate of drug-likeness (QED) is 0.322. The van der Waals surface area contributed by atoms with Crippen LogP contribution in [0.5, 0.6) is 0 Å². The Labute approximate surface area is 165 Å². The molecule has 1 heterocycles. The Bertz CT molecular complexity index is 446. The molecule has 1 rings (SSSR count). The first-order valence-electron chi connectivity index (χ1n) is 10.4. The van der Waals surface area contributed by atoms with Gasteiger partial charge in [0.2, 0.25) is 5.91 Å². The molecule has 0 aliphatic carbocycles. The lowest BCUT2D eigenvalue weighted by molar-refractivity contribution is -0.127. The predicted molar refractivity (Wildman–Crippen MR) is 112 cm³/mol. The van der Waals surface area contributed by atoms with Gasteiger partial charge in [0.1, 0.15) is 6.54 Å². The SMILES string of the molecule is CCCCCC(C)(C)CNC(=NCC(=O)N(C)C)NCCN1CCOCC1. The van der Waals surface area contributed by atoms with Crippen LogP contribution in [-0.4, -0.2) is 88.2 Å². The smallest absolute Gasteiger partial charge is 0.243 e. The molecule has 1 fully saturated rings. The van der Waals surface area contributed by atoms with Crippen LogP contribution in [0.25, 0.3) is 0 Å². The van der Waals surface area contributed by atoms with Crippen molar-refractivity contribution in [2.45, 2.75) is 46.5 Å². The maximum absolute atomic E-state index is 11.9. The molecule has 0 aromatic rings. The minimum atomic E-state index is 0.00600. The van der Waals surface area contributed by atoms with Gasteiger partial charge in [0.25, 0.3) is 0 Å². The van der Waals surface area contributed by atoms with Crippen LogP contribution < -0.4 is 10.6 Å². The van der Waals surface area contributed by atoms with E-state index < -0.39 is 0 Å². The normalized spacial score (nSPS) is 16.3. The Morgan fingerprint density at radius 1 is 1.19 bits per heavy atom. The topological polar surface area (TPSA) is 69.2 Å². The largest absolute Gasteiger partial charge is 0.379 e. The first-order valence-corrected chi connectivity index (χ1v) is 10.4. The van der Waals surface area contributed by atoms with Crippen LogP contribution in [0.1, 0.15) is 46.5 Å². The number of unbranched alkanes of at least 4 members (excludes halogenated alkanes) is 2. The molecule has 0 aromatic carbocycles. The van der Waals surface area contributed by atoms with Crippen molar-refractivity contribution in [2.75, 3.05) is 66.6 Å². The second kappa shape index (κ2) is 12.9. The summed E-state index contributed by atoms with van der Waals surface area (Å²) in [5, 5.41) is 6.83. The molecule has 1 aliphatic rings. The van der Waals surface area contributed by atoms with Crippen LogP contribution in [0.15, 0.2) is 4.99 Å². The van der Waals surface area contributed by atoms with Gasteiger partial charge >= 0.3 is 0 Å². The van der Waals surface area contributed by atoms with Crippen molar-refractivity contribution < 1.29 is 9.53 Å². The van der Waals surface area contributed by atoms with E-state index in [1.807, 2.05) is 0 Å². The van der Waals surface area contributed by atoms with Gasteiger partial charge in [0, 0.05) is 46.8 Å². The number of rotatable bonds is 11. The van der Waals surface area contributed by atoms with Crippen molar-refractivity contribution >= 4 is 11.9 Å². The van der Waals surface area contributed by atoms with Gasteiger partial charge in [-0.25, -0.2) is 4.99 Å². The van der Waals surface area contributed by atoms with E-state index >= 15 is 0 Å². The van der Waals surface area contributed by atoms with Gasteiger partial charge < -0.3 is 20.3 Å². The van der Waals surface area contributed by atoms with E-state index in [4.69, 9.17) is 4.74 Å². The van der Waals surface area contributed by atoms with Gasteiger partial charge in [-0.05, 0) is 11.8 Å². The number of guanidine groups is 1. The van der Waals surface area contributed by atoms with E-state index in [2.05, 4.69) is 41.3 Å². The first kappa shape index (κ1) is 23.7. The zero-order chi connectivity index (χ0) is 20.1. The average molecular weight is 384 g/mol. The zero-order valence-corrected chi connectivity index (χ0v) is 18.1. The van der Waals surface area contributed by atoms with Crippen molar-refractivity contribution in [1.82, 2.24) is 20.4 Å². The average Bonchev–Trinajstić information content (AvgIpc) is 2.64. The molecule has 1 amide bonds. The number of morpholine rings is 1.